The first-order chi connectivity index (χ1) is 2.81. The molecule has 3 N–H and O–H groups in total. The molecule has 0 aromatic rings. The van der Waals surface area contributed by atoms with Gasteiger partial charge in [0.1, 0.15) is 6.10 Å². The van der Waals surface area contributed by atoms with Crippen molar-refractivity contribution in [2.24, 2.45) is 0 Å². The van der Waals surface area contributed by atoms with Crippen molar-refractivity contribution in [3.63, 3.8) is 0 Å². The zero-order valence-electron chi connectivity index (χ0n) is 4.56. The Kier molecular flexibility index (Phi) is 41.4. The molecule has 9 heavy (non-hydrogen) atoms. The van der Waals surface area contributed by atoms with Gasteiger partial charge in [0, 0.05) is 0 Å². The fourth-order valence-corrected chi connectivity index (χ4v) is 0.0577. The third kappa shape index (κ3) is 17.8. The highest BCUT2D eigenvalue weighted by molar-refractivity contribution is 14.0. The van der Waals surface area contributed by atoms with Gasteiger partial charge >= 0.3 is 0 Å². The Morgan fingerprint density at radius 2 is 1.11 bits per heavy atom. The molecule has 6 heteroatoms. The second kappa shape index (κ2) is 16.6. The van der Waals surface area contributed by atoms with E-state index in [9.17, 15) is 0 Å². The summed E-state index contributed by atoms with van der Waals surface area (Å²) in [6.45, 7) is -0.729. The molecule has 0 unspecified atom stereocenters. The lowest BCUT2D eigenvalue weighted by Crippen LogP contribution is -2.15. The Balaban J connectivity index is -0.0000000417. The molecule has 0 spiro atoms. The average Bonchev–Trinajstić information content (AvgIpc) is 1.65. The van der Waals surface area contributed by atoms with Gasteiger partial charge in [-0.05, 0) is 0 Å². The minimum absolute atomic E-state index is 0. The van der Waals surface area contributed by atoms with E-state index in [1.54, 1.807) is 0 Å². The lowest BCUT2D eigenvalue weighted by Gasteiger charge is -1.96. The molecule has 0 aromatic heterocycles. The van der Waals surface area contributed by atoms with Gasteiger partial charge in [-0.3, -0.25) is 0 Å². The van der Waals surface area contributed by atoms with Crippen molar-refractivity contribution in [2.75, 3.05) is 13.2 Å². The van der Waals surface area contributed by atoms with Gasteiger partial charge in [0.2, 0.25) is 0 Å². The van der Waals surface area contributed by atoms with Gasteiger partial charge in [-0.25, -0.2) is 0 Å². The minimum atomic E-state index is -0.954. The van der Waals surface area contributed by atoms with E-state index in [-0.39, 0.29) is 85.1 Å². The molecule has 0 fully saturated rings. The SMILES string of the molecule is I.I.I.OCC(O)CO. The molecule has 0 saturated heterocycles. The third-order valence-corrected chi connectivity index (χ3v) is 0.421. The van der Waals surface area contributed by atoms with Gasteiger partial charge in [0.05, 0.1) is 13.2 Å². The Morgan fingerprint density at radius 1 is 0.889 bits per heavy atom. The van der Waals surface area contributed by atoms with Crippen LogP contribution in [-0.2, 0) is 0 Å². The molecule has 62 valence electrons. The van der Waals surface area contributed by atoms with Crippen LogP contribution in [0.25, 0.3) is 0 Å². The maximum Gasteiger partial charge on any atom is 0.100 e. The number of aliphatic hydroxyl groups is 3. The van der Waals surface area contributed by atoms with Crippen molar-refractivity contribution in [1.29, 1.82) is 0 Å². The largest absolute Gasteiger partial charge is 0.394 e. The monoisotopic (exact) mass is 476 g/mol. The second-order valence-electron chi connectivity index (χ2n) is 1.02. The van der Waals surface area contributed by atoms with E-state index in [0.717, 1.165) is 0 Å². The molecular formula is C3H11I3O3. The molecule has 0 aliphatic heterocycles. The van der Waals surface area contributed by atoms with Gasteiger partial charge in [-0.1, -0.05) is 0 Å². The van der Waals surface area contributed by atoms with Crippen LogP contribution < -0.4 is 0 Å². The number of halogens is 3. The van der Waals surface area contributed by atoms with Crippen LogP contribution in [0.2, 0.25) is 0 Å². The van der Waals surface area contributed by atoms with Crippen molar-refractivity contribution in [2.45, 2.75) is 6.10 Å². The van der Waals surface area contributed by atoms with E-state index in [0.29, 0.717) is 0 Å². The lowest BCUT2D eigenvalue weighted by atomic mass is 10.4. The van der Waals surface area contributed by atoms with Gasteiger partial charge in [-0.2, -0.15) is 0 Å². The zero-order valence-corrected chi connectivity index (χ0v) is 11.5. The van der Waals surface area contributed by atoms with Gasteiger partial charge < -0.3 is 15.3 Å². The highest BCUT2D eigenvalue weighted by atomic mass is 127. The van der Waals surface area contributed by atoms with Crippen LogP contribution in [0.1, 0.15) is 0 Å². The summed E-state index contributed by atoms with van der Waals surface area (Å²) in [4.78, 5) is 0. The average molecular weight is 476 g/mol. The molecule has 0 aliphatic rings. The van der Waals surface area contributed by atoms with E-state index in [4.69, 9.17) is 15.3 Å². The minimum Gasteiger partial charge on any atom is -0.394 e. The van der Waals surface area contributed by atoms with Crippen LogP contribution in [0.5, 0.6) is 0 Å². The second-order valence-corrected chi connectivity index (χ2v) is 1.02. The predicted octanol–water partition coefficient (Wildman–Crippen LogP) is 0.186. The predicted molar refractivity (Wildman–Crippen MR) is 66.4 cm³/mol. The first kappa shape index (κ1) is 22.5. The zero-order chi connectivity index (χ0) is 4.99. The molecule has 0 atom stereocenters. The molecular weight excluding hydrogens is 465 g/mol. The van der Waals surface area contributed by atoms with Gasteiger partial charge in [0.15, 0.2) is 0 Å². The number of rotatable bonds is 2. The Labute approximate surface area is 105 Å². The molecule has 0 aliphatic carbocycles. The quantitative estimate of drug-likeness (QED) is 0.500. The topological polar surface area (TPSA) is 60.7 Å². The van der Waals surface area contributed by atoms with Gasteiger partial charge in [0.25, 0.3) is 0 Å². The summed E-state index contributed by atoms with van der Waals surface area (Å²) in [5, 5.41) is 24.0. The summed E-state index contributed by atoms with van der Waals surface area (Å²) in [5.41, 5.74) is 0. The molecule has 0 saturated carbocycles. The standard InChI is InChI=1S/C3H8O3.3HI/c4-1-3(6)2-5;;;/h3-6H,1-2H2;3*1H. The Morgan fingerprint density at radius 3 is 1.11 bits per heavy atom. The summed E-state index contributed by atoms with van der Waals surface area (Å²) >= 11 is 0. The van der Waals surface area contributed by atoms with Crippen molar-refractivity contribution in [3.05, 3.63) is 0 Å². The molecule has 0 aromatic carbocycles. The van der Waals surface area contributed by atoms with Crippen LogP contribution >= 0.6 is 71.9 Å². The highest BCUT2D eigenvalue weighted by Gasteiger charge is 1.93. The molecule has 0 bridgehead atoms. The van der Waals surface area contributed by atoms with E-state index >= 15 is 0 Å². The van der Waals surface area contributed by atoms with Crippen LogP contribution in [0.4, 0.5) is 0 Å². The number of aliphatic hydroxyl groups excluding tert-OH is 3. The normalized spacial score (nSPS) is 6.67. The first-order valence-corrected chi connectivity index (χ1v) is 1.71. The maximum atomic E-state index is 8.17. The van der Waals surface area contributed by atoms with Crippen LogP contribution in [0.3, 0.4) is 0 Å². The van der Waals surface area contributed by atoms with Crippen molar-refractivity contribution in [1.82, 2.24) is 0 Å². The third-order valence-electron chi connectivity index (χ3n) is 0.421. The van der Waals surface area contributed by atoms with E-state index < -0.39 is 6.10 Å². The van der Waals surface area contributed by atoms with E-state index in [2.05, 4.69) is 0 Å². The number of hydrogen-bond acceptors (Lipinski definition) is 3. The summed E-state index contributed by atoms with van der Waals surface area (Å²) in [5.74, 6) is 0. The first-order valence-electron chi connectivity index (χ1n) is 1.71. The van der Waals surface area contributed by atoms with Crippen molar-refractivity contribution >= 4 is 71.9 Å². The fraction of sp³-hybridized carbons (Fsp3) is 1.00. The van der Waals surface area contributed by atoms with E-state index in [1.807, 2.05) is 0 Å². The summed E-state index contributed by atoms with van der Waals surface area (Å²) in [7, 11) is 0. The fourth-order valence-electron chi connectivity index (χ4n) is 0.0577. The molecule has 0 amide bonds. The van der Waals surface area contributed by atoms with Crippen molar-refractivity contribution < 1.29 is 15.3 Å². The Hall–Kier alpha value is 2.07. The van der Waals surface area contributed by atoms with Crippen LogP contribution in [-0.4, -0.2) is 34.6 Å². The molecule has 0 radical (unpaired) electrons. The summed E-state index contributed by atoms with van der Waals surface area (Å²) < 4.78 is 0. The highest BCUT2D eigenvalue weighted by Crippen LogP contribution is 1.71. The van der Waals surface area contributed by atoms with Gasteiger partial charge in [-0.15, -0.1) is 71.9 Å². The van der Waals surface area contributed by atoms with E-state index in [1.165, 1.54) is 0 Å². The van der Waals surface area contributed by atoms with Crippen LogP contribution in [0, 0.1) is 0 Å². The molecule has 0 rings (SSSR count). The Bertz CT molecular complexity index is 33.5. The maximum absolute atomic E-state index is 8.17. The molecule has 3 nitrogen and oxygen atoms in total. The summed E-state index contributed by atoms with van der Waals surface area (Å²) in [6, 6.07) is 0. The number of hydrogen-bond donors (Lipinski definition) is 3. The molecule has 0 heterocycles. The van der Waals surface area contributed by atoms with Crippen molar-refractivity contribution in [3.8, 4) is 0 Å². The van der Waals surface area contributed by atoms with Crippen LogP contribution in [0.15, 0.2) is 0 Å². The smallest absolute Gasteiger partial charge is 0.100 e. The summed E-state index contributed by atoms with van der Waals surface area (Å²) in [6.07, 6.45) is -0.954. The lowest BCUT2D eigenvalue weighted by molar-refractivity contribution is 0.0450.